The molecule has 0 spiro atoms. The zero-order valence-corrected chi connectivity index (χ0v) is 27.9. The first-order valence-corrected chi connectivity index (χ1v) is 17.1. The number of phenols is 1. The number of allylic oxidation sites excluding steroid dienone is 2. The molecule has 3 fully saturated rings. The summed E-state index contributed by atoms with van der Waals surface area (Å²) in [5, 5.41) is 11.9. The summed E-state index contributed by atoms with van der Waals surface area (Å²) >= 11 is 13.2. The molecule has 0 radical (unpaired) electrons. The molecule has 2 heterocycles. The lowest BCUT2D eigenvalue weighted by Crippen LogP contribution is -2.53. The van der Waals surface area contributed by atoms with Gasteiger partial charge in [-0.15, -0.1) is 0 Å². The van der Waals surface area contributed by atoms with Crippen LogP contribution in [0.15, 0.2) is 109 Å². The van der Waals surface area contributed by atoms with Crippen molar-refractivity contribution in [1.82, 2.24) is 9.91 Å². The van der Waals surface area contributed by atoms with Crippen molar-refractivity contribution in [3.63, 3.8) is 0 Å². The highest BCUT2D eigenvalue weighted by atomic mass is 35.5. The van der Waals surface area contributed by atoms with Crippen molar-refractivity contribution in [2.75, 3.05) is 5.43 Å². The summed E-state index contributed by atoms with van der Waals surface area (Å²) in [6.07, 6.45) is 2.31. The van der Waals surface area contributed by atoms with Gasteiger partial charge in [0.25, 0.3) is 11.8 Å². The lowest BCUT2D eigenvalue weighted by molar-refractivity contribution is -0.142. The molecular formula is C39H30Cl2FN3O5. The van der Waals surface area contributed by atoms with Crippen molar-refractivity contribution in [3.05, 3.63) is 141 Å². The van der Waals surface area contributed by atoms with E-state index in [-0.39, 0.29) is 42.0 Å². The number of amides is 4. The van der Waals surface area contributed by atoms with Gasteiger partial charge in [0.2, 0.25) is 11.8 Å². The molecular weight excluding hydrogens is 680 g/mol. The molecule has 0 bridgehead atoms. The van der Waals surface area contributed by atoms with E-state index in [9.17, 15) is 23.9 Å². The molecule has 8 nitrogen and oxygen atoms in total. The first-order valence-electron chi connectivity index (χ1n) is 16.3. The summed E-state index contributed by atoms with van der Waals surface area (Å²) < 4.78 is 13.8. The highest BCUT2D eigenvalue weighted by Gasteiger charge is 2.70. The zero-order valence-electron chi connectivity index (χ0n) is 26.4. The van der Waals surface area contributed by atoms with E-state index in [1.807, 2.05) is 36.4 Å². The smallest absolute Gasteiger partial charge is 0.260 e. The number of fused-ring (bicyclic) bond motifs is 4. The van der Waals surface area contributed by atoms with Gasteiger partial charge < -0.3 is 5.11 Å². The van der Waals surface area contributed by atoms with Crippen molar-refractivity contribution in [1.29, 1.82) is 0 Å². The number of aromatic hydroxyl groups is 1. The predicted molar refractivity (Wildman–Crippen MR) is 184 cm³/mol. The van der Waals surface area contributed by atoms with Crippen LogP contribution in [0.25, 0.3) is 0 Å². The SMILES string of the molecule is O=C1[C@H]2[C@H](CC=C3[C@H]2C[C@H]2C(=O)N(Nc4ccc(F)cc4)C(=O)[C@@]2(c2ccc(Cl)cc2)[C@H]3c2ccc(O)cc2Cl)C(=O)N1Cc1ccccc1. The minimum Gasteiger partial charge on any atom is -0.508 e. The van der Waals surface area contributed by atoms with Crippen LogP contribution in [0.1, 0.15) is 35.4 Å². The number of nitrogens with one attached hydrogen (secondary N) is 1. The molecule has 4 aromatic rings. The number of halogens is 3. The number of nitrogens with zero attached hydrogens (tertiary/aromatic N) is 2. The number of hydrazine groups is 1. The topological polar surface area (TPSA) is 107 Å². The number of imide groups is 2. The fourth-order valence-electron chi connectivity index (χ4n) is 8.74. The second-order valence-corrected chi connectivity index (χ2v) is 14.2. The molecule has 6 atom stereocenters. The molecule has 0 unspecified atom stereocenters. The average Bonchev–Trinajstić information content (AvgIpc) is 3.47. The Morgan fingerprint density at radius 2 is 1.56 bits per heavy atom. The Morgan fingerprint density at radius 3 is 2.26 bits per heavy atom. The van der Waals surface area contributed by atoms with Gasteiger partial charge in [-0.1, -0.05) is 83.4 Å². The largest absolute Gasteiger partial charge is 0.508 e. The van der Waals surface area contributed by atoms with Crippen LogP contribution in [-0.4, -0.2) is 38.6 Å². The van der Waals surface area contributed by atoms with Crippen LogP contribution in [0.3, 0.4) is 0 Å². The molecule has 252 valence electrons. The van der Waals surface area contributed by atoms with E-state index in [1.54, 1.807) is 30.3 Å². The van der Waals surface area contributed by atoms with Gasteiger partial charge in [0.15, 0.2) is 0 Å². The van der Waals surface area contributed by atoms with Crippen LogP contribution in [0, 0.1) is 29.5 Å². The normalized spacial score (nSPS) is 27.2. The highest BCUT2D eigenvalue weighted by molar-refractivity contribution is 6.32. The van der Waals surface area contributed by atoms with Gasteiger partial charge in [0.05, 0.1) is 35.4 Å². The molecule has 50 heavy (non-hydrogen) atoms. The van der Waals surface area contributed by atoms with Crippen LogP contribution in [0.5, 0.6) is 5.75 Å². The molecule has 4 amide bonds. The molecule has 11 heteroatoms. The molecule has 2 aliphatic carbocycles. The number of carbonyl (C=O) groups is 4. The van der Waals surface area contributed by atoms with E-state index < -0.39 is 52.6 Å². The third-order valence-corrected chi connectivity index (χ3v) is 11.4. The molecule has 0 aromatic heterocycles. The Balaban J connectivity index is 1.31. The number of benzene rings is 4. The number of carbonyl (C=O) groups excluding carboxylic acids is 4. The maximum atomic E-state index is 15.2. The predicted octanol–water partition coefficient (Wildman–Crippen LogP) is 7.02. The van der Waals surface area contributed by atoms with E-state index in [2.05, 4.69) is 5.43 Å². The summed E-state index contributed by atoms with van der Waals surface area (Å²) in [6.45, 7) is 0.131. The lowest BCUT2D eigenvalue weighted by atomic mass is 9.49. The fraction of sp³-hybridized carbons (Fsp3) is 0.231. The number of phenolic OH excluding ortho intramolecular Hbond substituents is 1. The summed E-state index contributed by atoms with van der Waals surface area (Å²) in [5.74, 6) is -6.07. The van der Waals surface area contributed by atoms with Crippen LogP contribution < -0.4 is 5.43 Å². The molecule has 1 saturated carbocycles. The quantitative estimate of drug-likeness (QED) is 0.165. The Morgan fingerprint density at radius 1 is 0.840 bits per heavy atom. The molecule has 8 rings (SSSR count). The maximum absolute atomic E-state index is 15.2. The lowest BCUT2D eigenvalue weighted by Gasteiger charge is -2.50. The van der Waals surface area contributed by atoms with Crippen molar-refractivity contribution < 1.29 is 28.7 Å². The van der Waals surface area contributed by atoms with Crippen LogP contribution >= 0.6 is 23.2 Å². The van der Waals surface area contributed by atoms with E-state index in [4.69, 9.17) is 23.2 Å². The number of anilines is 1. The third kappa shape index (κ3) is 4.86. The van der Waals surface area contributed by atoms with Crippen molar-refractivity contribution in [3.8, 4) is 5.75 Å². The van der Waals surface area contributed by atoms with Crippen LogP contribution in [-0.2, 0) is 31.1 Å². The van der Waals surface area contributed by atoms with Gasteiger partial charge in [-0.2, -0.15) is 5.01 Å². The monoisotopic (exact) mass is 709 g/mol. The van der Waals surface area contributed by atoms with Gasteiger partial charge in [-0.3, -0.25) is 29.5 Å². The molecule has 2 N–H and O–H groups in total. The minimum absolute atomic E-state index is 0.0811. The molecule has 4 aromatic carbocycles. The molecule has 2 aliphatic heterocycles. The molecule has 2 saturated heterocycles. The van der Waals surface area contributed by atoms with Crippen LogP contribution in [0.4, 0.5) is 10.1 Å². The Hall–Kier alpha value is -4.99. The van der Waals surface area contributed by atoms with E-state index in [1.165, 1.54) is 41.3 Å². The van der Waals surface area contributed by atoms with E-state index in [0.717, 1.165) is 16.1 Å². The van der Waals surface area contributed by atoms with Gasteiger partial charge in [-0.25, -0.2) is 4.39 Å². The fourth-order valence-corrected chi connectivity index (χ4v) is 9.15. The van der Waals surface area contributed by atoms with Gasteiger partial charge in [0.1, 0.15) is 11.6 Å². The second kappa shape index (κ2) is 12.1. The summed E-state index contributed by atoms with van der Waals surface area (Å²) in [5.41, 5.74) is 4.23. The second-order valence-electron chi connectivity index (χ2n) is 13.3. The Labute approximate surface area is 297 Å². The molecule has 4 aliphatic rings. The van der Waals surface area contributed by atoms with Crippen LogP contribution in [0.2, 0.25) is 10.0 Å². The van der Waals surface area contributed by atoms with Crippen molar-refractivity contribution in [2.24, 2.45) is 23.7 Å². The van der Waals surface area contributed by atoms with Crippen molar-refractivity contribution in [2.45, 2.75) is 30.7 Å². The average molecular weight is 711 g/mol. The van der Waals surface area contributed by atoms with Gasteiger partial charge in [0, 0.05) is 16.0 Å². The summed E-state index contributed by atoms with van der Waals surface area (Å²) in [6, 6.07) is 25.9. The van der Waals surface area contributed by atoms with Gasteiger partial charge in [-0.05, 0) is 84.0 Å². The highest BCUT2D eigenvalue weighted by Crippen LogP contribution is 2.64. The number of hydrogen-bond acceptors (Lipinski definition) is 6. The number of hydrogen-bond donors (Lipinski definition) is 2. The van der Waals surface area contributed by atoms with E-state index in [0.29, 0.717) is 21.8 Å². The zero-order chi connectivity index (χ0) is 34.9. The van der Waals surface area contributed by atoms with E-state index >= 15 is 4.79 Å². The third-order valence-electron chi connectivity index (χ3n) is 10.8. The Bertz CT molecular complexity index is 2090. The van der Waals surface area contributed by atoms with Gasteiger partial charge >= 0.3 is 0 Å². The summed E-state index contributed by atoms with van der Waals surface area (Å²) in [4.78, 5) is 59.3. The Kier molecular flexibility index (Phi) is 7.80. The maximum Gasteiger partial charge on any atom is 0.260 e. The minimum atomic E-state index is -1.57. The van der Waals surface area contributed by atoms with Crippen molar-refractivity contribution >= 4 is 52.5 Å². The number of likely N-dealkylation sites (tertiary alicyclic amines) is 1. The first kappa shape index (κ1) is 32.2. The standard InChI is InChI=1S/C39H30Cl2FN3O5/c40-23-8-6-22(7-9-23)39-31(36(48)45(38(39)50)43-25-12-10-24(42)11-13-25)19-30-27(34(39)28-15-14-26(46)18-32(28)41)16-17-29-33(30)37(49)44(35(29)47)20-21-4-2-1-3-5-21/h1-16,18,29-31,33-34,43,46H,17,19-20H2/t29-,30+,31-,33-,34+,39+/m0/s1. The first-order chi connectivity index (χ1) is 24.1. The summed E-state index contributed by atoms with van der Waals surface area (Å²) in [7, 11) is 0. The number of rotatable bonds is 6.